The molecule has 5 nitrogen and oxygen atoms in total. The van der Waals surface area contributed by atoms with E-state index in [0.29, 0.717) is 21.2 Å². The highest BCUT2D eigenvalue weighted by Gasteiger charge is 2.16. The highest BCUT2D eigenvalue weighted by molar-refractivity contribution is 9.10. The number of phenolic OH excluding ortho intramolecular Hbond substituents is 2. The van der Waals surface area contributed by atoms with E-state index in [2.05, 4.69) is 26.5 Å². The number of hydrogen-bond acceptors (Lipinski definition) is 4. The SMILES string of the molecule is Cc1c(O)c(Br)c(C)c(C=NNC(=O)Cc2cccc3ccccc23)c1O. The zero-order valence-corrected chi connectivity index (χ0v) is 16.5. The first-order valence-electron chi connectivity index (χ1n) is 8.39. The highest BCUT2D eigenvalue weighted by Crippen LogP contribution is 2.39. The number of hydrogen-bond donors (Lipinski definition) is 3. The van der Waals surface area contributed by atoms with Gasteiger partial charge in [-0.2, -0.15) is 5.10 Å². The van der Waals surface area contributed by atoms with Crippen molar-refractivity contribution in [2.24, 2.45) is 5.10 Å². The molecular weight excluding hydrogens is 408 g/mol. The van der Waals surface area contributed by atoms with E-state index in [9.17, 15) is 15.0 Å². The Morgan fingerprint density at radius 3 is 2.56 bits per heavy atom. The summed E-state index contributed by atoms with van der Waals surface area (Å²) in [5.41, 5.74) is 4.82. The van der Waals surface area contributed by atoms with Crippen LogP contribution >= 0.6 is 15.9 Å². The van der Waals surface area contributed by atoms with Crippen molar-refractivity contribution in [1.82, 2.24) is 5.43 Å². The molecule has 0 aliphatic carbocycles. The van der Waals surface area contributed by atoms with E-state index in [4.69, 9.17) is 0 Å². The van der Waals surface area contributed by atoms with Crippen LogP contribution in [0.4, 0.5) is 0 Å². The Labute approximate surface area is 165 Å². The number of fused-ring (bicyclic) bond motifs is 1. The predicted molar refractivity (Wildman–Crippen MR) is 110 cm³/mol. The van der Waals surface area contributed by atoms with Crippen LogP contribution in [0.25, 0.3) is 10.8 Å². The molecule has 27 heavy (non-hydrogen) atoms. The van der Waals surface area contributed by atoms with Gasteiger partial charge in [0.25, 0.3) is 0 Å². The van der Waals surface area contributed by atoms with Crippen molar-refractivity contribution >= 4 is 38.8 Å². The molecule has 0 unspecified atom stereocenters. The molecule has 0 fully saturated rings. The van der Waals surface area contributed by atoms with E-state index in [0.717, 1.165) is 16.3 Å². The zero-order chi connectivity index (χ0) is 19.6. The molecule has 3 N–H and O–H groups in total. The van der Waals surface area contributed by atoms with E-state index < -0.39 is 0 Å². The fourth-order valence-corrected chi connectivity index (χ4v) is 3.45. The first-order valence-corrected chi connectivity index (χ1v) is 9.18. The van der Waals surface area contributed by atoms with Crippen LogP contribution in [0.15, 0.2) is 52.0 Å². The molecule has 6 heteroatoms. The Bertz CT molecular complexity index is 1030. The van der Waals surface area contributed by atoms with Crippen LogP contribution in [0, 0.1) is 13.8 Å². The summed E-state index contributed by atoms with van der Waals surface area (Å²) in [6.45, 7) is 3.34. The van der Waals surface area contributed by atoms with Gasteiger partial charge >= 0.3 is 0 Å². The summed E-state index contributed by atoms with van der Waals surface area (Å²) in [5, 5.41) is 26.2. The number of amides is 1. The summed E-state index contributed by atoms with van der Waals surface area (Å²) < 4.78 is 0.487. The normalized spacial score (nSPS) is 11.2. The second-order valence-electron chi connectivity index (χ2n) is 6.28. The number of nitrogens with one attached hydrogen (secondary N) is 1. The van der Waals surface area contributed by atoms with Gasteiger partial charge in [0, 0.05) is 11.1 Å². The summed E-state index contributed by atoms with van der Waals surface area (Å²) in [4.78, 5) is 12.3. The molecular formula is C21H19BrN2O3. The van der Waals surface area contributed by atoms with Crippen molar-refractivity contribution < 1.29 is 15.0 Å². The van der Waals surface area contributed by atoms with Crippen LogP contribution in [0.1, 0.15) is 22.3 Å². The molecule has 0 heterocycles. The third-order valence-corrected chi connectivity index (χ3v) is 5.49. The molecule has 0 saturated carbocycles. The Hall–Kier alpha value is -2.86. The van der Waals surface area contributed by atoms with Crippen LogP contribution in [-0.2, 0) is 11.2 Å². The predicted octanol–water partition coefficient (Wildman–Crippen LogP) is 4.32. The van der Waals surface area contributed by atoms with Gasteiger partial charge in [0.1, 0.15) is 11.5 Å². The molecule has 0 atom stereocenters. The highest BCUT2D eigenvalue weighted by atomic mass is 79.9. The molecule has 3 rings (SSSR count). The van der Waals surface area contributed by atoms with Crippen LogP contribution in [0.2, 0.25) is 0 Å². The number of aromatic hydroxyl groups is 2. The topological polar surface area (TPSA) is 81.9 Å². The third kappa shape index (κ3) is 3.80. The summed E-state index contributed by atoms with van der Waals surface area (Å²) >= 11 is 3.29. The quantitative estimate of drug-likeness (QED) is 0.429. The number of rotatable bonds is 4. The van der Waals surface area contributed by atoms with Gasteiger partial charge in [-0.3, -0.25) is 4.79 Å². The van der Waals surface area contributed by atoms with Crippen molar-refractivity contribution in [3.63, 3.8) is 0 Å². The third-order valence-electron chi connectivity index (χ3n) is 4.52. The summed E-state index contributed by atoms with van der Waals surface area (Å²) in [7, 11) is 0. The molecule has 138 valence electrons. The Morgan fingerprint density at radius 1 is 1.07 bits per heavy atom. The van der Waals surface area contributed by atoms with Crippen LogP contribution in [0.3, 0.4) is 0 Å². The van der Waals surface area contributed by atoms with Gasteiger partial charge in [0.15, 0.2) is 0 Å². The fourth-order valence-electron chi connectivity index (χ4n) is 2.94. The largest absolute Gasteiger partial charge is 0.507 e. The standard InChI is InChI=1S/C21H19BrN2O3/c1-12-17(20(26)13(2)21(27)19(12)22)11-23-24-18(25)10-15-8-5-7-14-6-3-4-9-16(14)15/h3-9,11,26-27H,10H2,1-2H3,(H,24,25). The minimum absolute atomic E-state index is 0.0119. The lowest BCUT2D eigenvalue weighted by Crippen LogP contribution is -2.20. The van der Waals surface area contributed by atoms with Crippen molar-refractivity contribution in [2.45, 2.75) is 20.3 Å². The molecule has 0 radical (unpaired) electrons. The van der Waals surface area contributed by atoms with E-state index in [1.807, 2.05) is 42.5 Å². The van der Waals surface area contributed by atoms with Crippen molar-refractivity contribution in [3.05, 3.63) is 69.2 Å². The lowest BCUT2D eigenvalue weighted by Gasteiger charge is -2.12. The average molecular weight is 427 g/mol. The first kappa shape index (κ1) is 18.9. The van der Waals surface area contributed by atoms with E-state index >= 15 is 0 Å². The van der Waals surface area contributed by atoms with Crippen molar-refractivity contribution in [2.75, 3.05) is 0 Å². The lowest BCUT2D eigenvalue weighted by molar-refractivity contribution is -0.120. The van der Waals surface area contributed by atoms with Gasteiger partial charge in [-0.1, -0.05) is 42.5 Å². The Balaban J connectivity index is 1.77. The minimum atomic E-state index is -0.255. The second kappa shape index (κ2) is 7.80. The molecule has 1 amide bonds. The van der Waals surface area contributed by atoms with Gasteiger partial charge < -0.3 is 10.2 Å². The zero-order valence-electron chi connectivity index (χ0n) is 15.0. The molecule has 0 bridgehead atoms. The monoisotopic (exact) mass is 426 g/mol. The molecule has 0 aromatic heterocycles. The number of phenols is 2. The average Bonchev–Trinajstić information content (AvgIpc) is 2.68. The number of hydrazone groups is 1. The van der Waals surface area contributed by atoms with Gasteiger partial charge in [-0.05, 0) is 51.7 Å². The van der Waals surface area contributed by atoms with Gasteiger partial charge in [-0.25, -0.2) is 5.43 Å². The van der Waals surface area contributed by atoms with Crippen LogP contribution in [0.5, 0.6) is 11.5 Å². The summed E-state index contributed by atoms with van der Waals surface area (Å²) in [5.74, 6) is -0.336. The summed E-state index contributed by atoms with van der Waals surface area (Å²) in [6, 6.07) is 13.7. The maximum atomic E-state index is 12.3. The van der Waals surface area contributed by atoms with E-state index in [1.165, 1.54) is 6.21 Å². The summed E-state index contributed by atoms with van der Waals surface area (Å²) in [6.07, 6.45) is 1.57. The number of carbonyl (C=O) groups is 1. The van der Waals surface area contributed by atoms with E-state index in [1.54, 1.807) is 13.8 Å². The van der Waals surface area contributed by atoms with Crippen molar-refractivity contribution in [3.8, 4) is 11.5 Å². The molecule has 3 aromatic rings. The number of carbonyl (C=O) groups excluding carboxylic acids is 1. The van der Waals surface area contributed by atoms with E-state index in [-0.39, 0.29) is 23.8 Å². The minimum Gasteiger partial charge on any atom is -0.507 e. The van der Waals surface area contributed by atoms with Gasteiger partial charge in [0.2, 0.25) is 5.91 Å². The molecule has 0 saturated heterocycles. The van der Waals surface area contributed by atoms with Crippen molar-refractivity contribution in [1.29, 1.82) is 0 Å². The van der Waals surface area contributed by atoms with Gasteiger partial charge in [0.05, 0.1) is 17.1 Å². The Kier molecular flexibility index (Phi) is 5.46. The van der Waals surface area contributed by atoms with Gasteiger partial charge in [-0.15, -0.1) is 0 Å². The smallest absolute Gasteiger partial charge is 0.244 e. The maximum Gasteiger partial charge on any atom is 0.244 e. The molecule has 0 aliphatic heterocycles. The lowest BCUT2D eigenvalue weighted by atomic mass is 10.0. The number of benzene rings is 3. The van der Waals surface area contributed by atoms with Crippen LogP contribution in [-0.4, -0.2) is 22.3 Å². The number of halogens is 1. The number of nitrogens with zero attached hydrogens (tertiary/aromatic N) is 1. The molecule has 0 spiro atoms. The molecule has 3 aromatic carbocycles. The molecule has 0 aliphatic rings. The van der Waals surface area contributed by atoms with Crippen LogP contribution < -0.4 is 5.43 Å². The second-order valence-corrected chi connectivity index (χ2v) is 7.08. The Morgan fingerprint density at radius 2 is 1.78 bits per heavy atom. The fraction of sp³-hybridized carbons (Fsp3) is 0.143. The maximum absolute atomic E-state index is 12.3. The first-order chi connectivity index (χ1) is 12.9.